The third-order valence-corrected chi connectivity index (χ3v) is 3.93. The molecule has 1 atom stereocenters. The van der Waals surface area contributed by atoms with Gasteiger partial charge < -0.3 is 10.6 Å². The minimum atomic E-state index is -0.142. The van der Waals surface area contributed by atoms with E-state index in [9.17, 15) is 9.59 Å². The van der Waals surface area contributed by atoms with Crippen LogP contribution in [0.2, 0.25) is 5.02 Å². The second-order valence-electron chi connectivity index (χ2n) is 5.71. The molecule has 0 saturated heterocycles. The lowest BCUT2D eigenvalue weighted by Gasteiger charge is -2.12. The average Bonchev–Trinajstić information content (AvgIpc) is 2.57. The third-order valence-electron chi connectivity index (χ3n) is 3.68. The van der Waals surface area contributed by atoms with E-state index in [1.54, 1.807) is 36.4 Å². The fourth-order valence-corrected chi connectivity index (χ4v) is 2.27. The Kier molecular flexibility index (Phi) is 6.38. The molecule has 0 spiro atoms. The monoisotopic (exact) mass is 344 g/mol. The van der Waals surface area contributed by atoms with Gasteiger partial charge in [-0.05, 0) is 49.2 Å². The number of hydrogen-bond donors (Lipinski definition) is 2. The van der Waals surface area contributed by atoms with Gasteiger partial charge in [-0.15, -0.1) is 0 Å². The zero-order valence-electron chi connectivity index (χ0n) is 13.8. The largest absolute Gasteiger partial charge is 0.350 e. The van der Waals surface area contributed by atoms with Crippen LogP contribution in [0.15, 0.2) is 48.5 Å². The predicted molar refractivity (Wildman–Crippen MR) is 97.4 cm³/mol. The summed E-state index contributed by atoms with van der Waals surface area (Å²) in [5, 5.41) is 6.36. The minimum absolute atomic E-state index is 0.112. The highest BCUT2D eigenvalue weighted by molar-refractivity contribution is 6.30. The van der Waals surface area contributed by atoms with Crippen LogP contribution in [0.1, 0.15) is 36.2 Å². The lowest BCUT2D eigenvalue weighted by molar-refractivity contribution is -0.115. The van der Waals surface area contributed by atoms with Crippen LogP contribution >= 0.6 is 11.6 Å². The number of carbonyl (C=O) groups is 2. The SMILES string of the molecule is CC[C@@H](C)NC(=O)c1cccc(NC(=O)Cc2ccc(Cl)cc2)c1. The number of benzene rings is 2. The molecule has 0 heterocycles. The van der Waals surface area contributed by atoms with E-state index in [4.69, 9.17) is 11.6 Å². The summed E-state index contributed by atoms with van der Waals surface area (Å²) in [5.74, 6) is -0.282. The Balaban J connectivity index is 1.99. The number of amides is 2. The number of anilines is 1. The topological polar surface area (TPSA) is 58.2 Å². The van der Waals surface area contributed by atoms with Gasteiger partial charge in [0.05, 0.1) is 6.42 Å². The van der Waals surface area contributed by atoms with Crippen LogP contribution in [-0.4, -0.2) is 17.9 Å². The van der Waals surface area contributed by atoms with E-state index in [1.165, 1.54) is 0 Å². The first-order valence-corrected chi connectivity index (χ1v) is 8.31. The molecule has 126 valence electrons. The van der Waals surface area contributed by atoms with E-state index < -0.39 is 0 Å². The highest BCUT2D eigenvalue weighted by atomic mass is 35.5. The van der Waals surface area contributed by atoms with Gasteiger partial charge in [0.25, 0.3) is 5.91 Å². The van der Waals surface area contributed by atoms with Gasteiger partial charge in [-0.25, -0.2) is 0 Å². The van der Waals surface area contributed by atoms with Gasteiger partial charge in [0.15, 0.2) is 0 Å². The van der Waals surface area contributed by atoms with Crippen molar-refractivity contribution >= 4 is 29.1 Å². The van der Waals surface area contributed by atoms with E-state index in [0.717, 1.165) is 12.0 Å². The molecular formula is C19H21ClN2O2. The summed E-state index contributed by atoms with van der Waals surface area (Å²) in [6.07, 6.45) is 1.11. The van der Waals surface area contributed by atoms with Crippen molar-refractivity contribution in [3.63, 3.8) is 0 Å². The molecule has 4 nitrogen and oxygen atoms in total. The van der Waals surface area contributed by atoms with Crippen LogP contribution < -0.4 is 10.6 Å². The molecule has 0 bridgehead atoms. The van der Waals surface area contributed by atoms with E-state index in [-0.39, 0.29) is 24.3 Å². The minimum Gasteiger partial charge on any atom is -0.350 e. The predicted octanol–water partition coefficient (Wildman–Crippen LogP) is 4.05. The molecule has 0 unspecified atom stereocenters. The summed E-state index contributed by atoms with van der Waals surface area (Å²) in [6, 6.07) is 14.2. The first-order valence-electron chi connectivity index (χ1n) is 7.93. The Bertz CT molecular complexity index is 714. The number of carbonyl (C=O) groups excluding carboxylic acids is 2. The van der Waals surface area contributed by atoms with Crippen molar-refractivity contribution in [3.8, 4) is 0 Å². The fourth-order valence-electron chi connectivity index (χ4n) is 2.14. The van der Waals surface area contributed by atoms with Gasteiger partial charge in [0, 0.05) is 22.3 Å². The Morgan fingerprint density at radius 2 is 1.83 bits per heavy atom. The van der Waals surface area contributed by atoms with Crippen LogP contribution in [0, 0.1) is 0 Å². The zero-order valence-corrected chi connectivity index (χ0v) is 14.6. The maximum absolute atomic E-state index is 12.1. The fraction of sp³-hybridized carbons (Fsp3) is 0.263. The summed E-state index contributed by atoms with van der Waals surface area (Å²) in [7, 11) is 0. The van der Waals surface area contributed by atoms with E-state index in [0.29, 0.717) is 16.3 Å². The van der Waals surface area contributed by atoms with Crippen molar-refractivity contribution in [1.29, 1.82) is 0 Å². The van der Waals surface area contributed by atoms with Crippen molar-refractivity contribution in [1.82, 2.24) is 5.32 Å². The molecule has 0 radical (unpaired) electrons. The number of halogens is 1. The van der Waals surface area contributed by atoms with Crippen molar-refractivity contribution in [2.75, 3.05) is 5.32 Å². The first-order chi connectivity index (χ1) is 11.5. The van der Waals surface area contributed by atoms with Gasteiger partial charge in [0.1, 0.15) is 0 Å². The molecule has 24 heavy (non-hydrogen) atoms. The van der Waals surface area contributed by atoms with Crippen LogP contribution in [0.25, 0.3) is 0 Å². The standard InChI is InChI=1S/C19H21ClN2O2/c1-3-13(2)21-19(24)15-5-4-6-17(12-15)22-18(23)11-14-7-9-16(20)10-8-14/h4-10,12-13H,3,11H2,1-2H3,(H,21,24)(H,22,23)/t13-/m1/s1. The van der Waals surface area contributed by atoms with Gasteiger partial charge in [-0.1, -0.05) is 36.7 Å². The maximum Gasteiger partial charge on any atom is 0.251 e. The van der Waals surface area contributed by atoms with Gasteiger partial charge in [0.2, 0.25) is 5.91 Å². The second kappa shape index (κ2) is 8.50. The van der Waals surface area contributed by atoms with Gasteiger partial charge in [-0.2, -0.15) is 0 Å². The van der Waals surface area contributed by atoms with Gasteiger partial charge in [-0.3, -0.25) is 9.59 Å². The Labute approximate surface area is 147 Å². The molecule has 0 aromatic heterocycles. The Morgan fingerprint density at radius 3 is 2.50 bits per heavy atom. The highest BCUT2D eigenvalue weighted by Crippen LogP contribution is 2.13. The molecule has 2 rings (SSSR count). The number of hydrogen-bond acceptors (Lipinski definition) is 2. The Hall–Kier alpha value is -2.33. The van der Waals surface area contributed by atoms with Crippen molar-refractivity contribution < 1.29 is 9.59 Å². The summed E-state index contributed by atoms with van der Waals surface area (Å²) >= 11 is 5.83. The zero-order chi connectivity index (χ0) is 17.5. The van der Waals surface area contributed by atoms with Crippen LogP contribution in [0.5, 0.6) is 0 Å². The summed E-state index contributed by atoms with van der Waals surface area (Å²) in [5.41, 5.74) is 2.01. The molecule has 2 amide bonds. The first kappa shape index (κ1) is 18.0. The molecule has 0 aliphatic rings. The van der Waals surface area contributed by atoms with E-state index in [2.05, 4.69) is 10.6 Å². The van der Waals surface area contributed by atoms with Crippen LogP contribution in [0.3, 0.4) is 0 Å². The molecule has 5 heteroatoms. The molecule has 0 saturated carbocycles. The lowest BCUT2D eigenvalue weighted by Crippen LogP contribution is -2.31. The second-order valence-corrected chi connectivity index (χ2v) is 6.15. The molecule has 2 aromatic carbocycles. The molecule has 0 fully saturated rings. The summed E-state index contributed by atoms with van der Waals surface area (Å²) < 4.78 is 0. The molecule has 2 N–H and O–H groups in total. The molecule has 2 aromatic rings. The maximum atomic E-state index is 12.1. The van der Waals surface area contributed by atoms with E-state index >= 15 is 0 Å². The summed E-state index contributed by atoms with van der Waals surface area (Å²) in [4.78, 5) is 24.3. The van der Waals surface area contributed by atoms with Gasteiger partial charge >= 0.3 is 0 Å². The summed E-state index contributed by atoms with van der Waals surface area (Å²) in [6.45, 7) is 3.97. The average molecular weight is 345 g/mol. The quantitative estimate of drug-likeness (QED) is 0.830. The number of rotatable bonds is 6. The van der Waals surface area contributed by atoms with Crippen LogP contribution in [0.4, 0.5) is 5.69 Å². The lowest BCUT2D eigenvalue weighted by atomic mass is 10.1. The van der Waals surface area contributed by atoms with Crippen molar-refractivity contribution in [3.05, 3.63) is 64.7 Å². The molecule has 0 aliphatic carbocycles. The highest BCUT2D eigenvalue weighted by Gasteiger charge is 2.10. The normalized spacial score (nSPS) is 11.6. The van der Waals surface area contributed by atoms with Crippen molar-refractivity contribution in [2.45, 2.75) is 32.7 Å². The number of nitrogens with one attached hydrogen (secondary N) is 2. The molecular weight excluding hydrogens is 324 g/mol. The molecule has 0 aliphatic heterocycles. The Morgan fingerprint density at radius 1 is 1.12 bits per heavy atom. The smallest absolute Gasteiger partial charge is 0.251 e. The van der Waals surface area contributed by atoms with Crippen LogP contribution in [-0.2, 0) is 11.2 Å². The third kappa shape index (κ3) is 5.39. The van der Waals surface area contributed by atoms with E-state index in [1.807, 2.05) is 26.0 Å². The van der Waals surface area contributed by atoms with Crippen molar-refractivity contribution in [2.24, 2.45) is 0 Å².